The average molecular weight is 483 g/mol. The molecule has 4 heterocycles. The van der Waals surface area contributed by atoms with Gasteiger partial charge in [0.2, 0.25) is 5.69 Å². The second-order valence-electron chi connectivity index (χ2n) is 7.04. The Morgan fingerprint density at radius 2 is 1.53 bits per heavy atom. The molecule has 0 aliphatic heterocycles. The maximum Gasteiger partial charge on any atom is 2.00 e. The number of nitrogens with zero attached hydrogens (tertiary/aromatic N) is 6. The molecule has 4 rings (SSSR count). The van der Waals surface area contributed by atoms with E-state index in [9.17, 15) is 0 Å². The summed E-state index contributed by atoms with van der Waals surface area (Å²) in [5.74, 6) is 1.38. The standard InChI is InChI=1S/C23H16N6.Pd/c1-23(2,19-6-4-8-21(26-19)28-12-10-17(14-24)15-28)20-7-5-9-22(27-20)29-13-11-18(16-29)25-3;/h4-11,15-16H,1-2H3;/q-2;+2. The molecule has 4 aromatic rings. The van der Waals surface area contributed by atoms with Crippen molar-refractivity contribution in [1.29, 1.82) is 5.26 Å². The quantitative estimate of drug-likeness (QED) is 0.320. The van der Waals surface area contributed by atoms with Gasteiger partial charge in [0.25, 0.3) is 0 Å². The predicted molar refractivity (Wildman–Crippen MR) is 108 cm³/mol. The molecule has 6 nitrogen and oxygen atoms in total. The molecule has 0 bridgehead atoms. The van der Waals surface area contributed by atoms with Crippen molar-refractivity contribution in [2.75, 3.05) is 0 Å². The molecule has 0 amide bonds. The van der Waals surface area contributed by atoms with Crippen LogP contribution >= 0.6 is 0 Å². The average Bonchev–Trinajstić information content (AvgIpc) is 3.43. The number of aromatic nitrogens is 4. The third-order valence-electron chi connectivity index (χ3n) is 4.74. The maximum absolute atomic E-state index is 9.03. The van der Waals surface area contributed by atoms with Crippen LogP contribution in [-0.4, -0.2) is 19.1 Å². The monoisotopic (exact) mass is 482 g/mol. The fraction of sp³-hybridized carbons (Fsp3) is 0.130. The first kappa shape index (κ1) is 21.2. The van der Waals surface area contributed by atoms with Crippen molar-refractivity contribution in [1.82, 2.24) is 19.1 Å². The van der Waals surface area contributed by atoms with E-state index in [0.717, 1.165) is 11.4 Å². The van der Waals surface area contributed by atoms with Gasteiger partial charge in [-0.2, -0.15) is 0 Å². The molecule has 0 atom stereocenters. The number of hydrogen-bond acceptors (Lipinski definition) is 3. The summed E-state index contributed by atoms with van der Waals surface area (Å²) in [7, 11) is 0. The maximum atomic E-state index is 9.03. The predicted octanol–water partition coefficient (Wildman–Crippen LogP) is 4.40. The summed E-state index contributed by atoms with van der Waals surface area (Å²) in [6, 6.07) is 16.9. The molecule has 0 saturated carbocycles. The minimum absolute atomic E-state index is 0. The molecule has 4 aromatic heterocycles. The van der Waals surface area contributed by atoms with Gasteiger partial charge in [-0.3, -0.25) is 9.97 Å². The van der Waals surface area contributed by atoms with Crippen LogP contribution in [0.5, 0.6) is 0 Å². The molecule has 0 fully saturated rings. The molecule has 0 saturated heterocycles. The molecule has 0 radical (unpaired) electrons. The smallest absolute Gasteiger partial charge is 0.434 e. The van der Waals surface area contributed by atoms with E-state index in [0.29, 0.717) is 22.9 Å². The first-order valence-electron chi connectivity index (χ1n) is 8.95. The van der Waals surface area contributed by atoms with Crippen LogP contribution < -0.4 is 0 Å². The minimum Gasteiger partial charge on any atom is -0.434 e. The van der Waals surface area contributed by atoms with E-state index < -0.39 is 5.41 Å². The van der Waals surface area contributed by atoms with Crippen molar-refractivity contribution in [3.8, 4) is 17.7 Å². The summed E-state index contributed by atoms with van der Waals surface area (Å²) in [4.78, 5) is 13.0. The Bertz CT molecular complexity index is 1170. The zero-order chi connectivity index (χ0) is 20.4. The summed E-state index contributed by atoms with van der Waals surface area (Å²) in [6.45, 7) is 11.2. The summed E-state index contributed by atoms with van der Waals surface area (Å²) >= 11 is 0. The summed E-state index contributed by atoms with van der Waals surface area (Å²) in [6.07, 6.45) is 9.45. The van der Waals surface area contributed by atoms with Crippen LogP contribution in [0.2, 0.25) is 0 Å². The fourth-order valence-corrected chi connectivity index (χ4v) is 3.02. The fourth-order valence-electron chi connectivity index (χ4n) is 3.02. The Labute approximate surface area is 188 Å². The van der Waals surface area contributed by atoms with Crippen molar-refractivity contribution in [2.45, 2.75) is 19.3 Å². The number of hydrogen-bond donors (Lipinski definition) is 0. The van der Waals surface area contributed by atoms with Crippen molar-refractivity contribution in [2.24, 2.45) is 0 Å². The third-order valence-corrected chi connectivity index (χ3v) is 4.74. The molecule has 0 aliphatic rings. The normalized spacial score (nSPS) is 10.7. The number of pyridine rings is 2. The molecule has 0 aromatic carbocycles. The second-order valence-corrected chi connectivity index (χ2v) is 7.04. The minimum atomic E-state index is -0.465. The molecule has 0 unspecified atom stereocenters. The topological polar surface area (TPSA) is 63.8 Å². The van der Waals surface area contributed by atoms with E-state index in [4.69, 9.17) is 21.8 Å². The Morgan fingerprint density at radius 1 is 0.967 bits per heavy atom. The van der Waals surface area contributed by atoms with E-state index in [1.807, 2.05) is 36.4 Å². The first-order valence-corrected chi connectivity index (χ1v) is 8.95. The van der Waals surface area contributed by atoms with Crippen LogP contribution in [0.4, 0.5) is 5.69 Å². The Morgan fingerprint density at radius 3 is 2.03 bits per heavy atom. The summed E-state index contributed by atoms with van der Waals surface area (Å²) < 4.78 is 3.43. The van der Waals surface area contributed by atoms with Gasteiger partial charge in [-0.1, -0.05) is 42.9 Å². The van der Waals surface area contributed by atoms with E-state index in [1.54, 1.807) is 33.7 Å². The zero-order valence-corrected chi connectivity index (χ0v) is 17.8. The van der Waals surface area contributed by atoms with Crippen molar-refractivity contribution < 1.29 is 20.4 Å². The molecule has 148 valence electrons. The van der Waals surface area contributed by atoms with Crippen LogP contribution in [0.3, 0.4) is 0 Å². The molecule has 0 spiro atoms. The van der Waals surface area contributed by atoms with E-state index >= 15 is 0 Å². The Kier molecular flexibility index (Phi) is 5.99. The second kappa shape index (κ2) is 8.48. The van der Waals surface area contributed by atoms with Crippen molar-refractivity contribution >= 4 is 5.69 Å². The number of rotatable bonds is 4. The molecule has 30 heavy (non-hydrogen) atoms. The first-order chi connectivity index (χ1) is 14.0. The van der Waals surface area contributed by atoms with Crippen LogP contribution in [0, 0.1) is 30.3 Å². The van der Waals surface area contributed by atoms with Gasteiger partial charge in [-0.05, 0) is 43.8 Å². The van der Waals surface area contributed by atoms with Gasteiger partial charge in [0.05, 0.1) is 11.6 Å². The van der Waals surface area contributed by atoms with Crippen LogP contribution in [0.1, 0.15) is 30.8 Å². The van der Waals surface area contributed by atoms with Gasteiger partial charge < -0.3 is 9.13 Å². The van der Waals surface area contributed by atoms with Gasteiger partial charge in [0, 0.05) is 22.9 Å². The molecule has 7 heteroatoms. The van der Waals surface area contributed by atoms with Gasteiger partial charge in [0.15, 0.2) is 0 Å². The van der Waals surface area contributed by atoms with Gasteiger partial charge in [-0.15, -0.1) is 6.07 Å². The molecular weight excluding hydrogens is 467 g/mol. The zero-order valence-electron chi connectivity index (χ0n) is 16.3. The SMILES string of the molecule is [C-]#[N+]c1c[c-]n(-c2cccc(C(C)(C)c3cccc(-n4[c-]cc(C#N)c4)n3)n2)c1.[Pd+2]. The third kappa shape index (κ3) is 3.95. The summed E-state index contributed by atoms with van der Waals surface area (Å²) in [5.41, 5.74) is 2.28. The Balaban J connectivity index is 0.00000256. The van der Waals surface area contributed by atoms with Crippen LogP contribution in [0.25, 0.3) is 16.5 Å². The molecule has 0 N–H and O–H groups in total. The van der Waals surface area contributed by atoms with Crippen LogP contribution in [-0.2, 0) is 25.8 Å². The van der Waals surface area contributed by atoms with E-state index in [1.165, 1.54) is 0 Å². The van der Waals surface area contributed by atoms with Crippen LogP contribution in [0.15, 0.2) is 60.9 Å². The largest absolute Gasteiger partial charge is 2.00 e. The van der Waals surface area contributed by atoms with E-state index in [2.05, 4.69) is 37.2 Å². The van der Waals surface area contributed by atoms with Gasteiger partial charge in [0.1, 0.15) is 6.57 Å². The van der Waals surface area contributed by atoms with Crippen molar-refractivity contribution in [3.63, 3.8) is 0 Å². The van der Waals surface area contributed by atoms with E-state index in [-0.39, 0.29) is 20.4 Å². The summed E-state index contributed by atoms with van der Waals surface area (Å²) in [5, 5.41) is 9.03. The van der Waals surface area contributed by atoms with Crippen molar-refractivity contribution in [3.05, 3.63) is 102 Å². The molecular formula is C23H16N6Pd. The Hall–Kier alpha value is -3.50. The molecule has 0 aliphatic carbocycles. The number of nitriles is 1. The van der Waals surface area contributed by atoms with Gasteiger partial charge >= 0.3 is 20.4 Å². The van der Waals surface area contributed by atoms with Gasteiger partial charge in [-0.25, -0.2) is 10.1 Å².